The first-order chi connectivity index (χ1) is 7.33. The van der Waals surface area contributed by atoms with Crippen LogP contribution in [0.5, 0.6) is 0 Å². The number of rotatable bonds is 3. The smallest absolute Gasteiger partial charge is 0.164 e. The fourth-order valence-electron chi connectivity index (χ4n) is 1.55. The molecule has 0 aliphatic rings. The molecule has 1 heterocycles. The minimum absolute atomic E-state index is 0.0959. The van der Waals surface area contributed by atoms with Gasteiger partial charge < -0.3 is 9.67 Å². The number of nitrogens with zero attached hydrogens (tertiary/aromatic N) is 3. The number of hydrogen-bond donors (Lipinski definition) is 1. The highest BCUT2D eigenvalue weighted by Crippen LogP contribution is 2.17. The molecule has 15 heavy (non-hydrogen) atoms. The molecule has 0 saturated carbocycles. The van der Waals surface area contributed by atoms with Crippen LogP contribution in [0.15, 0.2) is 30.3 Å². The molecule has 4 heteroatoms. The molecule has 78 valence electrons. The van der Waals surface area contributed by atoms with Crippen molar-refractivity contribution in [3.63, 3.8) is 0 Å². The molecule has 4 nitrogen and oxygen atoms in total. The Labute approximate surface area is 88.2 Å². The second-order valence-corrected chi connectivity index (χ2v) is 3.31. The predicted octanol–water partition coefficient (Wildman–Crippen LogP) is 1.25. The van der Waals surface area contributed by atoms with Gasteiger partial charge in [0.25, 0.3) is 0 Å². The van der Waals surface area contributed by atoms with Crippen molar-refractivity contribution in [3.8, 4) is 11.4 Å². The Morgan fingerprint density at radius 1 is 1.20 bits per heavy atom. The average Bonchev–Trinajstić information content (AvgIpc) is 2.63. The van der Waals surface area contributed by atoms with Gasteiger partial charge in [0.15, 0.2) is 5.82 Å². The van der Waals surface area contributed by atoms with Gasteiger partial charge in [-0.1, -0.05) is 30.3 Å². The van der Waals surface area contributed by atoms with Gasteiger partial charge >= 0.3 is 0 Å². The summed E-state index contributed by atoms with van der Waals surface area (Å²) in [6.45, 7) is 2.51. The predicted molar refractivity (Wildman–Crippen MR) is 57.3 cm³/mol. The Bertz CT molecular complexity index is 436. The molecule has 0 atom stereocenters. The molecule has 0 aliphatic heterocycles. The number of aromatic nitrogens is 3. The molecular weight excluding hydrogens is 190 g/mol. The lowest BCUT2D eigenvalue weighted by Gasteiger charge is -2.05. The van der Waals surface area contributed by atoms with E-state index in [-0.39, 0.29) is 6.61 Å². The van der Waals surface area contributed by atoms with E-state index in [0.717, 1.165) is 17.2 Å². The summed E-state index contributed by atoms with van der Waals surface area (Å²) in [6, 6.07) is 9.85. The fourth-order valence-corrected chi connectivity index (χ4v) is 1.55. The molecule has 0 fully saturated rings. The Morgan fingerprint density at radius 2 is 1.93 bits per heavy atom. The monoisotopic (exact) mass is 203 g/mol. The van der Waals surface area contributed by atoms with Crippen molar-refractivity contribution in [2.45, 2.75) is 13.5 Å². The van der Waals surface area contributed by atoms with E-state index < -0.39 is 0 Å². The van der Waals surface area contributed by atoms with E-state index in [2.05, 4.69) is 10.2 Å². The second-order valence-electron chi connectivity index (χ2n) is 3.31. The van der Waals surface area contributed by atoms with Gasteiger partial charge in [-0.3, -0.25) is 0 Å². The van der Waals surface area contributed by atoms with E-state index in [1.807, 2.05) is 41.8 Å². The number of benzene rings is 1. The van der Waals surface area contributed by atoms with Crippen LogP contribution in [0.1, 0.15) is 5.82 Å². The van der Waals surface area contributed by atoms with Crippen LogP contribution in [0.2, 0.25) is 0 Å². The first-order valence-electron chi connectivity index (χ1n) is 4.89. The summed E-state index contributed by atoms with van der Waals surface area (Å²) in [5.74, 6) is 1.63. The molecule has 1 aromatic heterocycles. The van der Waals surface area contributed by atoms with Crippen molar-refractivity contribution < 1.29 is 5.11 Å². The van der Waals surface area contributed by atoms with E-state index in [9.17, 15) is 0 Å². The standard InChI is InChI=1S/C11H13N3O/c1-9-12-13-11(14(9)7-8-15)10-5-3-2-4-6-10/h2-6,15H,7-8H2,1H3. The first-order valence-corrected chi connectivity index (χ1v) is 4.89. The third-order valence-electron chi connectivity index (χ3n) is 2.29. The van der Waals surface area contributed by atoms with E-state index >= 15 is 0 Å². The average molecular weight is 203 g/mol. The normalized spacial score (nSPS) is 10.5. The molecule has 0 unspecified atom stereocenters. The van der Waals surface area contributed by atoms with Crippen LogP contribution in [0.4, 0.5) is 0 Å². The fraction of sp³-hybridized carbons (Fsp3) is 0.273. The largest absolute Gasteiger partial charge is 0.395 e. The lowest BCUT2D eigenvalue weighted by molar-refractivity contribution is 0.275. The topological polar surface area (TPSA) is 50.9 Å². The first kappa shape index (κ1) is 9.86. The van der Waals surface area contributed by atoms with Gasteiger partial charge in [-0.15, -0.1) is 10.2 Å². The van der Waals surface area contributed by atoms with Crippen LogP contribution >= 0.6 is 0 Å². The summed E-state index contributed by atoms with van der Waals surface area (Å²) in [7, 11) is 0. The second kappa shape index (κ2) is 4.23. The van der Waals surface area contributed by atoms with Crippen molar-refractivity contribution >= 4 is 0 Å². The molecule has 1 aromatic carbocycles. The lowest BCUT2D eigenvalue weighted by atomic mass is 10.2. The lowest BCUT2D eigenvalue weighted by Crippen LogP contribution is -2.06. The zero-order chi connectivity index (χ0) is 10.7. The maximum absolute atomic E-state index is 8.96. The van der Waals surface area contributed by atoms with Gasteiger partial charge in [-0.2, -0.15) is 0 Å². The summed E-state index contributed by atoms with van der Waals surface area (Å²) in [5.41, 5.74) is 1.02. The molecule has 0 saturated heterocycles. The van der Waals surface area contributed by atoms with Gasteiger partial charge in [0.2, 0.25) is 0 Å². The molecular formula is C11H13N3O. The SMILES string of the molecule is Cc1nnc(-c2ccccc2)n1CCO. The zero-order valence-electron chi connectivity index (χ0n) is 8.59. The van der Waals surface area contributed by atoms with E-state index in [1.54, 1.807) is 0 Å². The number of hydrogen-bond acceptors (Lipinski definition) is 3. The van der Waals surface area contributed by atoms with Crippen molar-refractivity contribution in [2.24, 2.45) is 0 Å². The highest BCUT2D eigenvalue weighted by atomic mass is 16.3. The Balaban J connectivity index is 2.44. The minimum atomic E-state index is 0.0959. The van der Waals surface area contributed by atoms with E-state index in [4.69, 9.17) is 5.11 Å². The Kier molecular flexibility index (Phi) is 2.78. The van der Waals surface area contributed by atoms with E-state index in [1.165, 1.54) is 0 Å². The third-order valence-corrected chi connectivity index (χ3v) is 2.29. The number of aliphatic hydroxyl groups excluding tert-OH is 1. The number of aliphatic hydroxyl groups is 1. The van der Waals surface area contributed by atoms with Gasteiger partial charge in [-0.25, -0.2) is 0 Å². The van der Waals surface area contributed by atoms with Gasteiger partial charge in [0.1, 0.15) is 5.82 Å². The molecule has 0 amide bonds. The summed E-state index contributed by atoms with van der Waals surface area (Å²) in [4.78, 5) is 0. The Hall–Kier alpha value is -1.68. The molecule has 0 aliphatic carbocycles. The van der Waals surface area contributed by atoms with Crippen LogP contribution in [-0.2, 0) is 6.54 Å². The summed E-state index contributed by atoms with van der Waals surface area (Å²) >= 11 is 0. The third kappa shape index (κ3) is 1.89. The molecule has 0 spiro atoms. The van der Waals surface area contributed by atoms with Crippen LogP contribution in [-0.4, -0.2) is 26.5 Å². The van der Waals surface area contributed by atoms with Crippen LogP contribution in [0, 0.1) is 6.92 Å². The molecule has 2 aromatic rings. The maximum Gasteiger partial charge on any atom is 0.164 e. The summed E-state index contributed by atoms with van der Waals surface area (Å²) in [5, 5.41) is 17.1. The van der Waals surface area contributed by atoms with Crippen molar-refractivity contribution in [2.75, 3.05) is 6.61 Å². The van der Waals surface area contributed by atoms with Crippen LogP contribution in [0.3, 0.4) is 0 Å². The number of aryl methyl sites for hydroxylation is 1. The molecule has 0 radical (unpaired) electrons. The van der Waals surface area contributed by atoms with Crippen LogP contribution < -0.4 is 0 Å². The Morgan fingerprint density at radius 3 is 2.60 bits per heavy atom. The van der Waals surface area contributed by atoms with Gasteiger partial charge in [0, 0.05) is 12.1 Å². The highest BCUT2D eigenvalue weighted by Gasteiger charge is 2.09. The van der Waals surface area contributed by atoms with Gasteiger partial charge in [-0.05, 0) is 6.92 Å². The quantitative estimate of drug-likeness (QED) is 0.816. The van der Waals surface area contributed by atoms with Gasteiger partial charge in [0.05, 0.1) is 6.61 Å². The molecule has 0 bridgehead atoms. The van der Waals surface area contributed by atoms with Crippen molar-refractivity contribution in [1.29, 1.82) is 0 Å². The molecule has 2 rings (SSSR count). The van der Waals surface area contributed by atoms with E-state index in [0.29, 0.717) is 6.54 Å². The summed E-state index contributed by atoms with van der Waals surface area (Å²) in [6.07, 6.45) is 0. The van der Waals surface area contributed by atoms with Crippen LogP contribution in [0.25, 0.3) is 11.4 Å². The molecule has 1 N–H and O–H groups in total. The zero-order valence-corrected chi connectivity index (χ0v) is 8.59. The van der Waals surface area contributed by atoms with Crippen molar-refractivity contribution in [1.82, 2.24) is 14.8 Å². The highest BCUT2D eigenvalue weighted by molar-refractivity contribution is 5.54. The maximum atomic E-state index is 8.96. The van der Waals surface area contributed by atoms with Crippen molar-refractivity contribution in [3.05, 3.63) is 36.2 Å². The minimum Gasteiger partial charge on any atom is -0.395 e. The summed E-state index contributed by atoms with van der Waals surface area (Å²) < 4.78 is 1.91.